The Morgan fingerprint density at radius 1 is 1.22 bits per heavy atom. The number of hydrogen-bond donors (Lipinski definition) is 3. The van der Waals surface area contributed by atoms with E-state index in [0.717, 1.165) is 32.1 Å². The zero-order valence-electron chi connectivity index (χ0n) is 16.1. The quantitative estimate of drug-likeness (QED) is 0.408. The SMILES string of the molecule is CC(C)C(=C=O)NC(C(=O)N1CC(NC=O)C[C@H]1C(N)=O)C1CCCCC1. The van der Waals surface area contributed by atoms with Crippen LogP contribution < -0.4 is 16.4 Å². The molecule has 0 aromatic carbocycles. The van der Waals surface area contributed by atoms with E-state index < -0.39 is 18.0 Å². The van der Waals surface area contributed by atoms with Crippen molar-refractivity contribution >= 4 is 24.2 Å². The van der Waals surface area contributed by atoms with E-state index in [0.29, 0.717) is 18.5 Å². The summed E-state index contributed by atoms with van der Waals surface area (Å²) < 4.78 is 0. The minimum Gasteiger partial charge on any atom is -0.368 e. The van der Waals surface area contributed by atoms with Crippen molar-refractivity contribution in [2.75, 3.05) is 6.54 Å². The molecule has 0 bridgehead atoms. The van der Waals surface area contributed by atoms with Gasteiger partial charge in [-0.05, 0) is 25.2 Å². The summed E-state index contributed by atoms with van der Waals surface area (Å²) in [5.41, 5.74) is 5.86. The third-order valence-electron chi connectivity index (χ3n) is 5.60. The van der Waals surface area contributed by atoms with Gasteiger partial charge in [0.1, 0.15) is 18.0 Å². The first-order valence-corrected chi connectivity index (χ1v) is 9.70. The van der Waals surface area contributed by atoms with Crippen molar-refractivity contribution < 1.29 is 19.2 Å². The summed E-state index contributed by atoms with van der Waals surface area (Å²) in [4.78, 5) is 48.8. The Balaban J connectivity index is 2.26. The number of rotatable bonds is 8. The van der Waals surface area contributed by atoms with E-state index in [-0.39, 0.29) is 30.3 Å². The molecule has 1 aliphatic carbocycles. The minimum atomic E-state index is -0.759. The monoisotopic (exact) mass is 378 g/mol. The highest BCUT2D eigenvalue weighted by Gasteiger charge is 2.43. The molecule has 2 fully saturated rings. The van der Waals surface area contributed by atoms with Gasteiger partial charge in [-0.3, -0.25) is 14.4 Å². The number of nitrogens with one attached hydrogen (secondary N) is 2. The van der Waals surface area contributed by atoms with Crippen LogP contribution in [0.5, 0.6) is 0 Å². The fourth-order valence-electron chi connectivity index (χ4n) is 4.08. The molecule has 3 amide bonds. The smallest absolute Gasteiger partial charge is 0.246 e. The van der Waals surface area contributed by atoms with Gasteiger partial charge in [0, 0.05) is 18.5 Å². The molecule has 8 nitrogen and oxygen atoms in total. The number of nitrogens with two attached hydrogens (primary N) is 1. The Labute approximate surface area is 159 Å². The fraction of sp³-hybridized carbons (Fsp3) is 0.737. The summed E-state index contributed by atoms with van der Waals surface area (Å²) in [6.45, 7) is 3.96. The Morgan fingerprint density at radius 2 is 1.89 bits per heavy atom. The van der Waals surface area contributed by atoms with Crippen LogP contribution in [0.25, 0.3) is 0 Å². The van der Waals surface area contributed by atoms with E-state index in [4.69, 9.17) is 5.73 Å². The first kappa shape index (κ1) is 21.0. The summed E-state index contributed by atoms with van der Waals surface area (Å²) in [6.07, 6.45) is 5.85. The van der Waals surface area contributed by atoms with Gasteiger partial charge in [0.2, 0.25) is 18.2 Å². The molecule has 1 saturated carbocycles. The van der Waals surface area contributed by atoms with Crippen LogP contribution in [0.3, 0.4) is 0 Å². The normalized spacial score (nSPS) is 24.2. The first-order valence-electron chi connectivity index (χ1n) is 9.70. The maximum atomic E-state index is 13.4. The van der Waals surface area contributed by atoms with Crippen molar-refractivity contribution in [3.8, 4) is 0 Å². The lowest BCUT2D eigenvalue weighted by Crippen LogP contribution is -2.54. The molecule has 0 radical (unpaired) electrons. The number of carbonyl (C=O) groups excluding carboxylic acids is 4. The molecule has 4 N–H and O–H groups in total. The van der Waals surface area contributed by atoms with Gasteiger partial charge >= 0.3 is 0 Å². The molecule has 150 valence electrons. The zero-order valence-corrected chi connectivity index (χ0v) is 16.1. The molecule has 1 heterocycles. The topological polar surface area (TPSA) is 122 Å². The lowest BCUT2D eigenvalue weighted by molar-refractivity contribution is -0.140. The Hall–Kier alpha value is -2.34. The van der Waals surface area contributed by atoms with Crippen LogP contribution >= 0.6 is 0 Å². The molecule has 2 unspecified atom stereocenters. The molecule has 2 rings (SSSR count). The van der Waals surface area contributed by atoms with Crippen LogP contribution in [0.1, 0.15) is 52.4 Å². The highest BCUT2D eigenvalue weighted by molar-refractivity contribution is 5.90. The van der Waals surface area contributed by atoms with Gasteiger partial charge in [-0.25, -0.2) is 4.79 Å². The summed E-state index contributed by atoms with van der Waals surface area (Å²) in [6, 6.07) is -1.66. The van der Waals surface area contributed by atoms with E-state index in [2.05, 4.69) is 10.6 Å². The second-order valence-electron chi connectivity index (χ2n) is 7.82. The Bertz CT molecular complexity index is 609. The number of carbonyl (C=O) groups is 3. The maximum absolute atomic E-state index is 13.4. The lowest BCUT2D eigenvalue weighted by atomic mass is 9.83. The minimum absolute atomic E-state index is 0.0833. The van der Waals surface area contributed by atoms with Crippen LogP contribution in [0, 0.1) is 11.8 Å². The average molecular weight is 378 g/mol. The standard InChI is InChI=1S/C19H30N4O4/c1-12(2)15(10-24)22-17(13-6-4-3-5-7-13)19(27)23-9-14(21-11-25)8-16(23)18(20)26/h11-14,16-17,22H,3-9H2,1-2H3,(H2,20,26)(H,21,25)/t14?,16-,17?/m0/s1. The highest BCUT2D eigenvalue weighted by atomic mass is 16.2. The third kappa shape index (κ3) is 5.10. The molecule has 8 heteroatoms. The van der Waals surface area contributed by atoms with Crippen LogP contribution in [0.4, 0.5) is 0 Å². The van der Waals surface area contributed by atoms with E-state index in [1.807, 2.05) is 19.8 Å². The van der Waals surface area contributed by atoms with Crippen LogP contribution in [-0.2, 0) is 19.2 Å². The number of hydrogen-bond acceptors (Lipinski definition) is 5. The molecular formula is C19H30N4O4. The number of primary amides is 1. The number of nitrogens with zero attached hydrogens (tertiary/aromatic N) is 1. The Kier molecular flexibility index (Phi) is 7.42. The van der Waals surface area contributed by atoms with Crippen molar-refractivity contribution in [3.05, 3.63) is 5.70 Å². The molecule has 27 heavy (non-hydrogen) atoms. The molecule has 0 aromatic rings. The Morgan fingerprint density at radius 3 is 2.41 bits per heavy atom. The van der Waals surface area contributed by atoms with Gasteiger partial charge in [-0.1, -0.05) is 33.1 Å². The number of amides is 3. The van der Waals surface area contributed by atoms with E-state index in [9.17, 15) is 19.2 Å². The van der Waals surface area contributed by atoms with Crippen LogP contribution in [0.2, 0.25) is 0 Å². The maximum Gasteiger partial charge on any atom is 0.246 e. The van der Waals surface area contributed by atoms with Crippen molar-refractivity contribution in [2.45, 2.75) is 70.5 Å². The van der Waals surface area contributed by atoms with Gasteiger partial charge in [0.05, 0.1) is 5.70 Å². The predicted octanol–water partition coefficient (Wildman–Crippen LogP) is 0.0972. The van der Waals surface area contributed by atoms with Crippen LogP contribution in [-0.4, -0.2) is 53.7 Å². The van der Waals surface area contributed by atoms with E-state index in [1.165, 1.54) is 4.90 Å². The van der Waals surface area contributed by atoms with Gasteiger partial charge in [0.15, 0.2) is 0 Å². The van der Waals surface area contributed by atoms with Crippen molar-refractivity contribution in [1.82, 2.24) is 15.5 Å². The molecule has 1 saturated heterocycles. The highest BCUT2D eigenvalue weighted by Crippen LogP contribution is 2.30. The van der Waals surface area contributed by atoms with Gasteiger partial charge in [-0.15, -0.1) is 0 Å². The lowest BCUT2D eigenvalue weighted by Gasteiger charge is -2.35. The summed E-state index contributed by atoms with van der Waals surface area (Å²) in [5, 5.41) is 5.75. The molecule has 1 aliphatic heterocycles. The number of likely N-dealkylation sites (tertiary alicyclic amines) is 1. The largest absolute Gasteiger partial charge is 0.368 e. The summed E-state index contributed by atoms with van der Waals surface area (Å²) >= 11 is 0. The summed E-state index contributed by atoms with van der Waals surface area (Å²) in [5.74, 6) is 1.08. The van der Waals surface area contributed by atoms with Crippen LogP contribution in [0.15, 0.2) is 5.70 Å². The third-order valence-corrected chi connectivity index (χ3v) is 5.60. The summed E-state index contributed by atoms with van der Waals surface area (Å²) in [7, 11) is 0. The molecule has 3 atom stereocenters. The first-order chi connectivity index (χ1) is 12.9. The molecular weight excluding hydrogens is 348 g/mol. The predicted molar refractivity (Wildman–Crippen MR) is 99.8 cm³/mol. The van der Waals surface area contributed by atoms with E-state index in [1.54, 1.807) is 0 Å². The molecule has 0 aromatic heterocycles. The number of allylic oxidation sites excluding steroid dienone is 1. The van der Waals surface area contributed by atoms with Crippen molar-refractivity contribution in [3.63, 3.8) is 0 Å². The van der Waals surface area contributed by atoms with Gasteiger partial charge < -0.3 is 21.3 Å². The van der Waals surface area contributed by atoms with Crippen molar-refractivity contribution in [1.29, 1.82) is 0 Å². The second kappa shape index (κ2) is 9.55. The van der Waals surface area contributed by atoms with Gasteiger partial charge in [-0.2, -0.15) is 0 Å². The van der Waals surface area contributed by atoms with E-state index >= 15 is 0 Å². The molecule has 2 aliphatic rings. The zero-order chi connectivity index (χ0) is 20.0. The van der Waals surface area contributed by atoms with Gasteiger partial charge in [0.25, 0.3) is 0 Å². The average Bonchev–Trinajstić information content (AvgIpc) is 3.07. The van der Waals surface area contributed by atoms with Crippen molar-refractivity contribution in [2.24, 2.45) is 17.6 Å². The second-order valence-corrected chi connectivity index (χ2v) is 7.82. The fourth-order valence-corrected chi connectivity index (χ4v) is 4.08. The molecule has 0 spiro atoms.